The number of hydrogen-bond donors (Lipinski definition) is 0. The summed E-state index contributed by atoms with van der Waals surface area (Å²) in [6, 6.07) is 5.64. The molecule has 0 saturated carbocycles. The highest BCUT2D eigenvalue weighted by Crippen LogP contribution is 2.25. The van der Waals surface area contributed by atoms with Gasteiger partial charge in [-0.3, -0.25) is 4.90 Å². The van der Waals surface area contributed by atoms with Gasteiger partial charge in [-0.1, -0.05) is 45.2 Å². The minimum Gasteiger partial charge on any atom is -0.296 e. The molecule has 1 nitrogen and oxygen atoms in total. The van der Waals surface area contributed by atoms with Crippen LogP contribution in [0.3, 0.4) is 0 Å². The van der Waals surface area contributed by atoms with Gasteiger partial charge in [0.1, 0.15) is 0 Å². The standard InChI is InChI=1S/C12H16BrCl2N/c1-12(2,8-13)16(3)7-9-4-5-10(14)6-11(9)15/h4-6H,7-8H2,1-3H3. The van der Waals surface area contributed by atoms with Crippen molar-refractivity contribution in [3.8, 4) is 0 Å². The molecule has 0 bridgehead atoms. The maximum absolute atomic E-state index is 6.14. The van der Waals surface area contributed by atoms with Crippen LogP contribution in [0.1, 0.15) is 19.4 Å². The van der Waals surface area contributed by atoms with E-state index in [0.717, 1.165) is 22.5 Å². The molecule has 1 aromatic carbocycles. The van der Waals surface area contributed by atoms with Crippen molar-refractivity contribution in [2.75, 3.05) is 12.4 Å². The van der Waals surface area contributed by atoms with Gasteiger partial charge in [-0.05, 0) is 38.6 Å². The lowest BCUT2D eigenvalue weighted by Gasteiger charge is -2.34. The lowest BCUT2D eigenvalue weighted by molar-refractivity contribution is 0.173. The Hall–Kier alpha value is 0.240. The molecule has 0 aliphatic carbocycles. The first kappa shape index (κ1) is 14.3. The third-order valence-corrected chi connectivity index (χ3v) is 4.74. The fraction of sp³-hybridized carbons (Fsp3) is 0.500. The maximum Gasteiger partial charge on any atom is 0.0465 e. The van der Waals surface area contributed by atoms with Crippen molar-refractivity contribution in [3.63, 3.8) is 0 Å². The second-order valence-electron chi connectivity index (χ2n) is 4.54. The average molecular weight is 325 g/mol. The van der Waals surface area contributed by atoms with E-state index in [2.05, 4.69) is 41.7 Å². The van der Waals surface area contributed by atoms with E-state index in [4.69, 9.17) is 23.2 Å². The summed E-state index contributed by atoms with van der Waals surface area (Å²) in [5, 5.41) is 2.32. The number of hydrogen-bond acceptors (Lipinski definition) is 1. The number of halogens is 3. The summed E-state index contributed by atoms with van der Waals surface area (Å²) in [7, 11) is 2.09. The molecule has 0 amide bonds. The van der Waals surface area contributed by atoms with Crippen LogP contribution in [0.2, 0.25) is 10.0 Å². The molecule has 0 N–H and O–H groups in total. The smallest absolute Gasteiger partial charge is 0.0465 e. The molecule has 0 aromatic heterocycles. The number of benzene rings is 1. The van der Waals surface area contributed by atoms with Crippen LogP contribution in [0.25, 0.3) is 0 Å². The lowest BCUT2D eigenvalue weighted by Crippen LogP contribution is -2.42. The zero-order valence-corrected chi connectivity index (χ0v) is 12.8. The molecule has 0 saturated heterocycles. The van der Waals surface area contributed by atoms with Crippen molar-refractivity contribution in [1.29, 1.82) is 0 Å². The van der Waals surface area contributed by atoms with E-state index in [-0.39, 0.29) is 5.54 Å². The third kappa shape index (κ3) is 3.63. The Bertz CT molecular complexity index is 366. The van der Waals surface area contributed by atoms with Crippen molar-refractivity contribution in [2.24, 2.45) is 0 Å². The molecule has 0 heterocycles. The molecule has 1 aromatic rings. The van der Waals surface area contributed by atoms with Crippen LogP contribution in [0, 0.1) is 0 Å². The quantitative estimate of drug-likeness (QED) is 0.732. The minimum absolute atomic E-state index is 0.100. The molecular formula is C12H16BrCl2N. The van der Waals surface area contributed by atoms with Gasteiger partial charge in [0.2, 0.25) is 0 Å². The Morgan fingerprint density at radius 2 is 1.94 bits per heavy atom. The Balaban J connectivity index is 2.81. The van der Waals surface area contributed by atoms with Crippen molar-refractivity contribution in [3.05, 3.63) is 33.8 Å². The zero-order chi connectivity index (χ0) is 12.3. The molecule has 0 aliphatic heterocycles. The first-order valence-corrected chi connectivity index (χ1v) is 6.95. The summed E-state index contributed by atoms with van der Waals surface area (Å²) in [4.78, 5) is 2.26. The van der Waals surface area contributed by atoms with Crippen LogP contribution in [-0.2, 0) is 6.54 Å². The van der Waals surface area contributed by atoms with Crippen LogP contribution in [0.15, 0.2) is 18.2 Å². The van der Waals surface area contributed by atoms with E-state index in [1.165, 1.54) is 0 Å². The normalized spacial score (nSPS) is 12.2. The van der Waals surface area contributed by atoms with E-state index in [9.17, 15) is 0 Å². The highest BCUT2D eigenvalue weighted by Gasteiger charge is 2.22. The predicted molar refractivity (Wildman–Crippen MR) is 75.8 cm³/mol. The van der Waals surface area contributed by atoms with Crippen LogP contribution >= 0.6 is 39.1 Å². The molecule has 1 rings (SSSR count). The van der Waals surface area contributed by atoms with Gasteiger partial charge < -0.3 is 0 Å². The fourth-order valence-corrected chi connectivity index (χ4v) is 2.12. The lowest BCUT2D eigenvalue weighted by atomic mass is 10.1. The van der Waals surface area contributed by atoms with Crippen molar-refractivity contribution >= 4 is 39.1 Å². The van der Waals surface area contributed by atoms with E-state index < -0.39 is 0 Å². The van der Waals surface area contributed by atoms with Gasteiger partial charge in [0.25, 0.3) is 0 Å². The van der Waals surface area contributed by atoms with E-state index in [1.54, 1.807) is 6.07 Å². The van der Waals surface area contributed by atoms with Gasteiger partial charge in [0, 0.05) is 27.5 Å². The third-order valence-electron chi connectivity index (χ3n) is 2.78. The summed E-state index contributed by atoms with van der Waals surface area (Å²) in [5.41, 5.74) is 1.20. The monoisotopic (exact) mass is 323 g/mol. The molecule has 4 heteroatoms. The second kappa shape index (κ2) is 5.72. The molecule has 90 valence electrons. The largest absolute Gasteiger partial charge is 0.296 e. The molecule has 0 aliphatic rings. The molecular weight excluding hydrogens is 309 g/mol. The number of rotatable bonds is 4. The number of nitrogens with zero attached hydrogens (tertiary/aromatic N) is 1. The molecule has 0 atom stereocenters. The molecule has 16 heavy (non-hydrogen) atoms. The van der Waals surface area contributed by atoms with Gasteiger partial charge in [-0.15, -0.1) is 0 Å². The van der Waals surface area contributed by atoms with E-state index >= 15 is 0 Å². The van der Waals surface area contributed by atoms with Gasteiger partial charge in [-0.25, -0.2) is 0 Å². The second-order valence-corrected chi connectivity index (χ2v) is 5.94. The maximum atomic E-state index is 6.14. The average Bonchev–Trinajstić information content (AvgIpc) is 2.22. The summed E-state index contributed by atoms with van der Waals surface area (Å²) in [6.07, 6.45) is 0. The summed E-state index contributed by atoms with van der Waals surface area (Å²) in [6.45, 7) is 5.19. The van der Waals surface area contributed by atoms with Gasteiger partial charge in [0.15, 0.2) is 0 Å². The topological polar surface area (TPSA) is 3.24 Å². The van der Waals surface area contributed by atoms with Gasteiger partial charge in [0.05, 0.1) is 0 Å². The Morgan fingerprint density at radius 1 is 1.31 bits per heavy atom. The minimum atomic E-state index is 0.100. The summed E-state index contributed by atoms with van der Waals surface area (Å²) < 4.78 is 0. The van der Waals surface area contributed by atoms with Crippen LogP contribution in [0.5, 0.6) is 0 Å². The summed E-state index contributed by atoms with van der Waals surface area (Å²) in [5.74, 6) is 0. The fourth-order valence-electron chi connectivity index (χ4n) is 1.22. The first-order valence-electron chi connectivity index (χ1n) is 5.08. The van der Waals surface area contributed by atoms with E-state index in [1.807, 2.05) is 12.1 Å². The Morgan fingerprint density at radius 3 is 2.44 bits per heavy atom. The molecule has 0 spiro atoms. The van der Waals surface area contributed by atoms with Crippen LogP contribution in [0.4, 0.5) is 0 Å². The molecule has 0 fully saturated rings. The molecule has 0 radical (unpaired) electrons. The first-order chi connectivity index (χ1) is 7.36. The van der Waals surface area contributed by atoms with Crippen molar-refractivity contribution < 1.29 is 0 Å². The van der Waals surface area contributed by atoms with E-state index in [0.29, 0.717) is 5.02 Å². The zero-order valence-electron chi connectivity index (χ0n) is 9.73. The van der Waals surface area contributed by atoms with Crippen LogP contribution < -0.4 is 0 Å². The Labute approximate surface area is 116 Å². The van der Waals surface area contributed by atoms with Gasteiger partial charge in [-0.2, -0.15) is 0 Å². The SMILES string of the molecule is CN(Cc1ccc(Cl)cc1Cl)C(C)(C)CBr. The Kier molecular flexibility index (Phi) is 5.11. The number of alkyl halides is 1. The molecule has 0 unspecified atom stereocenters. The van der Waals surface area contributed by atoms with Crippen molar-refractivity contribution in [1.82, 2.24) is 4.90 Å². The summed E-state index contributed by atoms with van der Waals surface area (Å²) >= 11 is 15.5. The van der Waals surface area contributed by atoms with Crippen LogP contribution in [-0.4, -0.2) is 22.8 Å². The predicted octanol–water partition coefficient (Wildman–Crippen LogP) is 4.60. The van der Waals surface area contributed by atoms with Gasteiger partial charge >= 0.3 is 0 Å². The highest BCUT2D eigenvalue weighted by atomic mass is 79.9. The van der Waals surface area contributed by atoms with Crippen molar-refractivity contribution in [2.45, 2.75) is 25.9 Å². The highest BCUT2D eigenvalue weighted by molar-refractivity contribution is 9.09.